The first-order chi connectivity index (χ1) is 6.74. The Morgan fingerprint density at radius 1 is 1.60 bits per heavy atom. The zero-order chi connectivity index (χ0) is 10.4. The standard InChI is InChI=1S/C10H20N2O2.ClH/c1-9-8-12(6-3-7-14-9)10(13)4-2-5-11;/h9H,2-8,11H2,1H3;1H. The molecule has 0 spiro atoms. The second-order valence-electron chi connectivity index (χ2n) is 3.77. The molecule has 1 heterocycles. The molecular weight excluding hydrogens is 216 g/mol. The van der Waals surface area contributed by atoms with Crippen molar-refractivity contribution in [1.29, 1.82) is 0 Å². The van der Waals surface area contributed by atoms with Crippen molar-refractivity contribution in [2.75, 3.05) is 26.2 Å². The van der Waals surface area contributed by atoms with Crippen LogP contribution >= 0.6 is 12.4 Å². The minimum absolute atomic E-state index is 0. The van der Waals surface area contributed by atoms with Gasteiger partial charge in [0.05, 0.1) is 6.10 Å². The number of nitrogens with two attached hydrogens (primary N) is 1. The summed E-state index contributed by atoms with van der Waals surface area (Å²) in [5.74, 6) is 0.216. The molecule has 1 rings (SSSR count). The van der Waals surface area contributed by atoms with E-state index in [9.17, 15) is 4.79 Å². The molecule has 1 saturated heterocycles. The number of hydrogen-bond donors (Lipinski definition) is 1. The van der Waals surface area contributed by atoms with E-state index in [0.717, 1.165) is 32.5 Å². The fourth-order valence-corrected chi connectivity index (χ4v) is 1.63. The van der Waals surface area contributed by atoms with Crippen molar-refractivity contribution in [3.05, 3.63) is 0 Å². The van der Waals surface area contributed by atoms with E-state index in [4.69, 9.17) is 10.5 Å². The van der Waals surface area contributed by atoms with Crippen molar-refractivity contribution in [2.24, 2.45) is 5.73 Å². The average molecular weight is 237 g/mol. The third kappa shape index (κ3) is 5.35. The number of amides is 1. The first kappa shape index (κ1) is 14.7. The van der Waals surface area contributed by atoms with E-state index in [2.05, 4.69) is 0 Å². The Balaban J connectivity index is 0.00000196. The maximum absolute atomic E-state index is 11.7. The smallest absolute Gasteiger partial charge is 0.222 e. The molecule has 4 nitrogen and oxygen atoms in total. The summed E-state index contributed by atoms with van der Waals surface area (Å²) in [4.78, 5) is 13.6. The normalized spacial score (nSPS) is 21.7. The summed E-state index contributed by atoms with van der Waals surface area (Å²) in [7, 11) is 0. The number of carbonyl (C=O) groups is 1. The van der Waals surface area contributed by atoms with Crippen molar-refractivity contribution in [2.45, 2.75) is 32.3 Å². The first-order valence-corrected chi connectivity index (χ1v) is 5.33. The van der Waals surface area contributed by atoms with Crippen molar-refractivity contribution in [3.63, 3.8) is 0 Å². The van der Waals surface area contributed by atoms with Gasteiger partial charge in [-0.3, -0.25) is 4.79 Å². The van der Waals surface area contributed by atoms with Crippen LogP contribution in [0.3, 0.4) is 0 Å². The molecule has 2 N–H and O–H groups in total. The van der Waals surface area contributed by atoms with Gasteiger partial charge in [0.15, 0.2) is 0 Å². The van der Waals surface area contributed by atoms with Crippen molar-refractivity contribution in [3.8, 4) is 0 Å². The number of halogens is 1. The van der Waals surface area contributed by atoms with Gasteiger partial charge in [0.2, 0.25) is 5.91 Å². The van der Waals surface area contributed by atoms with Crippen LogP contribution in [0.15, 0.2) is 0 Å². The molecule has 1 aliphatic rings. The molecule has 1 fully saturated rings. The van der Waals surface area contributed by atoms with Gasteiger partial charge in [-0.2, -0.15) is 0 Å². The Kier molecular flexibility index (Phi) is 7.74. The van der Waals surface area contributed by atoms with E-state index in [1.807, 2.05) is 11.8 Å². The average Bonchev–Trinajstić information content (AvgIpc) is 2.39. The van der Waals surface area contributed by atoms with E-state index in [-0.39, 0.29) is 24.4 Å². The second-order valence-corrected chi connectivity index (χ2v) is 3.77. The molecule has 1 atom stereocenters. The molecule has 1 aliphatic heterocycles. The Morgan fingerprint density at radius 2 is 2.33 bits per heavy atom. The molecule has 90 valence electrons. The fraction of sp³-hybridized carbons (Fsp3) is 0.900. The molecular formula is C10H21ClN2O2. The lowest BCUT2D eigenvalue weighted by molar-refractivity contribution is -0.131. The van der Waals surface area contributed by atoms with Gasteiger partial charge >= 0.3 is 0 Å². The predicted molar refractivity (Wildman–Crippen MR) is 62.1 cm³/mol. The highest BCUT2D eigenvalue weighted by Gasteiger charge is 2.18. The van der Waals surface area contributed by atoms with Crippen LogP contribution in [0.1, 0.15) is 26.2 Å². The van der Waals surface area contributed by atoms with E-state index in [1.54, 1.807) is 0 Å². The molecule has 1 amide bonds. The van der Waals surface area contributed by atoms with Crippen molar-refractivity contribution >= 4 is 18.3 Å². The van der Waals surface area contributed by atoms with E-state index >= 15 is 0 Å². The van der Waals surface area contributed by atoms with E-state index < -0.39 is 0 Å². The largest absolute Gasteiger partial charge is 0.377 e. The zero-order valence-corrected chi connectivity index (χ0v) is 10.1. The maximum atomic E-state index is 11.7. The summed E-state index contributed by atoms with van der Waals surface area (Å²) >= 11 is 0. The number of nitrogens with zero attached hydrogens (tertiary/aromatic N) is 1. The van der Waals surface area contributed by atoms with Crippen LogP contribution < -0.4 is 5.73 Å². The third-order valence-electron chi connectivity index (χ3n) is 2.40. The summed E-state index contributed by atoms with van der Waals surface area (Å²) in [5.41, 5.74) is 5.37. The second kappa shape index (κ2) is 7.91. The van der Waals surface area contributed by atoms with Crippen LogP contribution in [0.4, 0.5) is 0 Å². The van der Waals surface area contributed by atoms with Gasteiger partial charge in [-0.05, 0) is 26.3 Å². The minimum atomic E-state index is 0. The zero-order valence-electron chi connectivity index (χ0n) is 9.28. The van der Waals surface area contributed by atoms with E-state index in [1.165, 1.54) is 0 Å². The predicted octanol–water partition coefficient (Wildman–Crippen LogP) is 0.784. The Hall–Kier alpha value is -0.320. The summed E-state index contributed by atoms with van der Waals surface area (Å²) in [6, 6.07) is 0. The molecule has 0 aromatic carbocycles. The number of hydrogen-bond acceptors (Lipinski definition) is 3. The minimum Gasteiger partial charge on any atom is -0.377 e. The first-order valence-electron chi connectivity index (χ1n) is 5.33. The molecule has 0 saturated carbocycles. The third-order valence-corrected chi connectivity index (χ3v) is 2.40. The molecule has 5 heteroatoms. The Bertz CT molecular complexity index is 190. The quantitative estimate of drug-likeness (QED) is 0.788. The Morgan fingerprint density at radius 3 is 3.00 bits per heavy atom. The molecule has 0 aromatic rings. The van der Waals surface area contributed by atoms with Gasteiger partial charge in [0.25, 0.3) is 0 Å². The van der Waals surface area contributed by atoms with E-state index in [0.29, 0.717) is 13.0 Å². The molecule has 0 aliphatic carbocycles. The van der Waals surface area contributed by atoms with Gasteiger partial charge < -0.3 is 15.4 Å². The highest BCUT2D eigenvalue weighted by atomic mass is 35.5. The lowest BCUT2D eigenvalue weighted by atomic mass is 10.2. The summed E-state index contributed by atoms with van der Waals surface area (Å²) in [5, 5.41) is 0. The van der Waals surface area contributed by atoms with Gasteiger partial charge in [0, 0.05) is 26.1 Å². The topological polar surface area (TPSA) is 55.6 Å². The van der Waals surface area contributed by atoms with Crippen LogP contribution in [-0.4, -0.2) is 43.2 Å². The molecule has 0 aromatic heterocycles. The van der Waals surface area contributed by atoms with Crippen LogP contribution in [0.2, 0.25) is 0 Å². The van der Waals surface area contributed by atoms with Crippen LogP contribution in [-0.2, 0) is 9.53 Å². The number of rotatable bonds is 3. The number of ether oxygens (including phenoxy) is 1. The summed E-state index contributed by atoms with van der Waals surface area (Å²) in [6.45, 7) is 4.92. The van der Waals surface area contributed by atoms with Crippen LogP contribution in [0.5, 0.6) is 0 Å². The molecule has 15 heavy (non-hydrogen) atoms. The van der Waals surface area contributed by atoms with Crippen LogP contribution in [0, 0.1) is 0 Å². The van der Waals surface area contributed by atoms with Crippen molar-refractivity contribution < 1.29 is 9.53 Å². The van der Waals surface area contributed by atoms with Gasteiger partial charge in [-0.15, -0.1) is 12.4 Å². The SMILES string of the molecule is CC1CN(C(=O)CCCN)CCCO1.Cl. The molecule has 0 bridgehead atoms. The van der Waals surface area contributed by atoms with Crippen molar-refractivity contribution in [1.82, 2.24) is 4.90 Å². The number of carbonyl (C=O) groups excluding carboxylic acids is 1. The fourth-order valence-electron chi connectivity index (χ4n) is 1.63. The lowest BCUT2D eigenvalue weighted by Gasteiger charge is -2.21. The van der Waals surface area contributed by atoms with Crippen LogP contribution in [0.25, 0.3) is 0 Å². The Labute approximate surface area is 97.5 Å². The highest BCUT2D eigenvalue weighted by molar-refractivity contribution is 5.85. The maximum Gasteiger partial charge on any atom is 0.222 e. The molecule has 0 radical (unpaired) electrons. The molecule has 1 unspecified atom stereocenters. The highest BCUT2D eigenvalue weighted by Crippen LogP contribution is 2.07. The lowest BCUT2D eigenvalue weighted by Crippen LogP contribution is -2.36. The summed E-state index contributed by atoms with van der Waals surface area (Å²) in [6.07, 6.45) is 2.46. The van der Waals surface area contributed by atoms with Gasteiger partial charge in [-0.1, -0.05) is 0 Å². The monoisotopic (exact) mass is 236 g/mol. The van der Waals surface area contributed by atoms with Gasteiger partial charge in [0.1, 0.15) is 0 Å². The van der Waals surface area contributed by atoms with Gasteiger partial charge in [-0.25, -0.2) is 0 Å². The summed E-state index contributed by atoms with van der Waals surface area (Å²) < 4.78 is 5.47.